The third kappa shape index (κ3) is 3.69. The second kappa shape index (κ2) is 5.89. The quantitative estimate of drug-likeness (QED) is 0.585. The molecule has 0 aliphatic heterocycles. The molecule has 1 aromatic rings. The van der Waals surface area contributed by atoms with Crippen molar-refractivity contribution in [2.45, 2.75) is 45.6 Å². The molecule has 1 rings (SSSR count). The number of aromatic nitrogens is 2. The third-order valence-corrected chi connectivity index (χ3v) is 3.03. The molecule has 0 fully saturated rings. The van der Waals surface area contributed by atoms with Gasteiger partial charge in [-0.15, -0.1) is 0 Å². The zero-order valence-corrected chi connectivity index (χ0v) is 12.1. The first kappa shape index (κ1) is 15.9. The number of rotatable bonds is 7. The molecule has 112 valence electrons. The van der Waals surface area contributed by atoms with E-state index in [0.29, 0.717) is 24.4 Å². The van der Waals surface area contributed by atoms with Crippen LogP contribution in [0.25, 0.3) is 0 Å². The van der Waals surface area contributed by atoms with Crippen LogP contribution in [-0.4, -0.2) is 31.3 Å². The average molecular weight is 284 g/mol. The fraction of sp³-hybridized carbons (Fsp3) is 0.667. The highest BCUT2D eigenvalue weighted by molar-refractivity contribution is 5.67. The van der Waals surface area contributed by atoms with Crippen molar-refractivity contribution >= 4 is 17.5 Å². The van der Waals surface area contributed by atoms with Crippen LogP contribution < -0.4 is 5.32 Å². The number of hydrogen-bond donors (Lipinski definition) is 2. The van der Waals surface area contributed by atoms with E-state index in [2.05, 4.69) is 10.4 Å². The number of hydrogen-bond acceptors (Lipinski definition) is 5. The Bertz CT molecular complexity index is 522. The SMILES string of the molecule is CCc1nn(C)c(NC(C)(C)CCC(=O)O)c1[N+](=O)[O-]. The Kier molecular flexibility index (Phi) is 4.69. The molecule has 0 radical (unpaired) electrons. The van der Waals surface area contributed by atoms with E-state index in [1.54, 1.807) is 27.8 Å². The Morgan fingerprint density at radius 1 is 1.55 bits per heavy atom. The zero-order chi connectivity index (χ0) is 15.5. The summed E-state index contributed by atoms with van der Waals surface area (Å²) in [7, 11) is 1.63. The molecule has 0 unspecified atom stereocenters. The van der Waals surface area contributed by atoms with Crippen LogP contribution in [-0.2, 0) is 18.3 Å². The van der Waals surface area contributed by atoms with Crippen molar-refractivity contribution in [2.75, 3.05) is 5.32 Å². The summed E-state index contributed by atoms with van der Waals surface area (Å²) in [5, 5.41) is 27.1. The van der Waals surface area contributed by atoms with E-state index in [-0.39, 0.29) is 12.1 Å². The van der Waals surface area contributed by atoms with Gasteiger partial charge in [0, 0.05) is 19.0 Å². The molecule has 8 heteroatoms. The summed E-state index contributed by atoms with van der Waals surface area (Å²) in [6.07, 6.45) is 0.805. The van der Waals surface area contributed by atoms with Gasteiger partial charge in [0.25, 0.3) is 0 Å². The molecule has 1 heterocycles. The van der Waals surface area contributed by atoms with Crippen LogP contribution in [0.1, 0.15) is 39.3 Å². The molecule has 0 saturated carbocycles. The van der Waals surface area contributed by atoms with Gasteiger partial charge in [-0.2, -0.15) is 5.10 Å². The van der Waals surface area contributed by atoms with Gasteiger partial charge in [-0.25, -0.2) is 4.68 Å². The van der Waals surface area contributed by atoms with Gasteiger partial charge in [0.05, 0.1) is 4.92 Å². The summed E-state index contributed by atoms with van der Waals surface area (Å²) in [6.45, 7) is 5.41. The van der Waals surface area contributed by atoms with Crippen LogP contribution in [0.5, 0.6) is 0 Å². The van der Waals surface area contributed by atoms with Gasteiger partial charge in [0.2, 0.25) is 5.82 Å². The molecule has 0 spiro atoms. The molecule has 0 bridgehead atoms. The molecule has 1 aromatic heterocycles. The van der Waals surface area contributed by atoms with Crippen molar-refractivity contribution < 1.29 is 14.8 Å². The maximum atomic E-state index is 11.2. The van der Waals surface area contributed by atoms with Gasteiger partial charge in [-0.1, -0.05) is 6.92 Å². The number of nitrogens with one attached hydrogen (secondary N) is 1. The van der Waals surface area contributed by atoms with Crippen molar-refractivity contribution in [3.63, 3.8) is 0 Å². The van der Waals surface area contributed by atoms with Crippen LogP contribution in [0.2, 0.25) is 0 Å². The molecular formula is C12H20N4O4. The largest absolute Gasteiger partial charge is 0.481 e. The second-order valence-corrected chi connectivity index (χ2v) is 5.28. The second-order valence-electron chi connectivity index (χ2n) is 5.28. The summed E-state index contributed by atoms with van der Waals surface area (Å²) >= 11 is 0. The van der Waals surface area contributed by atoms with Crippen molar-refractivity contribution in [3.05, 3.63) is 15.8 Å². The lowest BCUT2D eigenvalue weighted by Crippen LogP contribution is -2.32. The number of carboxylic acids is 1. The van der Waals surface area contributed by atoms with E-state index in [1.807, 2.05) is 0 Å². The predicted molar refractivity (Wildman–Crippen MR) is 73.8 cm³/mol. The van der Waals surface area contributed by atoms with Gasteiger partial charge >= 0.3 is 11.7 Å². The number of anilines is 1. The minimum atomic E-state index is -0.895. The molecular weight excluding hydrogens is 264 g/mol. The topological polar surface area (TPSA) is 110 Å². The summed E-state index contributed by atoms with van der Waals surface area (Å²) in [4.78, 5) is 21.4. The number of nitro groups is 1. The summed E-state index contributed by atoms with van der Waals surface area (Å²) in [5.74, 6) is -0.587. The fourth-order valence-corrected chi connectivity index (χ4v) is 1.94. The van der Waals surface area contributed by atoms with Crippen LogP contribution in [0.3, 0.4) is 0 Å². The van der Waals surface area contributed by atoms with E-state index in [0.717, 1.165) is 0 Å². The van der Waals surface area contributed by atoms with Gasteiger partial charge in [-0.3, -0.25) is 14.9 Å². The van der Waals surface area contributed by atoms with E-state index >= 15 is 0 Å². The highest BCUT2D eigenvalue weighted by Crippen LogP contribution is 2.31. The van der Waals surface area contributed by atoms with Crippen LogP contribution in [0, 0.1) is 10.1 Å². The van der Waals surface area contributed by atoms with E-state index in [1.165, 1.54) is 4.68 Å². The zero-order valence-electron chi connectivity index (χ0n) is 12.1. The minimum absolute atomic E-state index is 0.00765. The molecule has 0 aliphatic rings. The first-order valence-electron chi connectivity index (χ1n) is 6.38. The molecule has 8 nitrogen and oxygen atoms in total. The van der Waals surface area contributed by atoms with Gasteiger partial charge in [0.15, 0.2) is 0 Å². The molecule has 0 aliphatic carbocycles. The van der Waals surface area contributed by atoms with Crippen LogP contribution in [0.15, 0.2) is 0 Å². The molecule has 2 N–H and O–H groups in total. The van der Waals surface area contributed by atoms with E-state index < -0.39 is 16.4 Å². The lowest BCUT2D eigenvalue weighted by atomic mass is 9.98. The molecule has 0 atom stereocenters. The van der Waals surface area contributed by atoms with Gasteiger partial charge in [0.1, 0.15) is 5.69 Å². The molecule has 0 aromatic carbocycles. The van der Waals surface area contributed by atoms with Crippen molar-refractivity contribution in [3.8, 4) is 0 Å². The highest BCUT2D eigenvalue weighted by atomic mass is 16.6. The van der Waals surface area contributed by atoms with Crippen LogP contribution >= 0.6 is 0 Å². The number of nitrogens with zero attached hydrogens (tertiary/aromatic N) is 3. The number of carbonyl (C=O) groups is 1. The van der Waals surface area contributed by atoms with E-state index in [4.69, 9.17) is 5.11 Å². The van der Waals surface area contributed by atoms with Gasteiger partial charge < -0.3 is 10.4 Å². The Hall–Kier alpha value is -2.12. The standard InChI is InChI=1S/C12H20N4O4/c1-5-8-10(16(19)20)11(15(4)14-8)13-12(2,3)7-6-9(17)18/h13H,5-7H2,1-4H3,(H,17,18). The molecule has 0 saturated heterocycles. The van der Waals surface area contributed by atoms with Crippen molar-refractivity contribution in [1.29, 1.82) is 0 Å². The summed E-state index contributed by atoms with van der Waals surface area (Å²) < 4.78 is 1.43. The monoisotopic (exact) mass is 284 g/mol. The van der Waals surface area contributed by atoms with Crippen molar-refractivity contribution in [1.82, 2.24) is 9.78 Å². The van der Waals surface area contributed by atoms with E-state index in [9.17, 15) is 14.9 Å². The fourth-order valence-electron chi connectivity index (χ4n) is 1.94. The highest BCUT2D eigenvalue weighted by Gasteiger charge is 2.30. The third-order valence-electron chi connectivity index (χ3n) is 3.03. The predicted octanol–water partition coefficient (Wildman–Crippen LogP) is 1.95. The summed E-state index contributed by atoms with van der Waals surface area (Å²) in [6, 6.07) is 0. The molecule has 0 amide bonds. The average Bonchev–Trinajstić information content (AvgIpc) is 2.63. The smallest absolute Gasteiger partial charge is 0.333 e. The van der Waals surface area contributed by atoms with Crippen LogP contribution in [0.4, 0.5) is 11.5 Å². The molecule has 20 heavy (non-hydrogen) atoms. The Morgan fingerprint density at radius 2 is 2.15 bits per heavy atom. The lowest BCUT2D eigenvalue weighted by molar-refractivity contribution is -0.384. The maximum absolute atomic E-state index is 11.2. The Labute approximate surface area is 116 Å². The maximum Gasteiger partial charge on any atom is 0.333 e. The lowest BCUT2D eigenvalue weighted by Gasteiger charge is -2.26. The minimum Gasteiger partial charge on any atom is -0.481 e. The normalized spacial score (nSPS) is 11.4. The van der Waals surface area contributed by atoms with Crippen molar-refractivity contribution in [2.24, 2.45) is 7.05 Å². The Morgan fingerprint density at radius 3 is 2.60 bits per heavy atom. The first-order chi connectivity index (χ1) is 9.18. The van der Waals surface area contributed by atoms with Gasteiger partial charge in [-0.05, 0) is 26.7 Å². The Balaban J connectivity index is 3.05. The summed E-state index contributed by atoms with van der Waals surface area (Å²) in [5.41, 5.74) is -0.213. The number of aryl methyl sites for hydroxylation is 2. The number of aliphatic carboxylic acids is 1. The number of carboxylic acid groups (broad SMARTS) is 1. The first-order valence-corrected chi connectivity index (χ1v) is 6.38.